The summed E-state index contributed by atoms with van der Waals surface area (Å²) in [4.78, 5) is 40.6. The number of nitrogens with zero attached hydrogens (tertiary/aromatic N) is 5. The number of rotatable bonds is 2. The molecule has 1 aliphatic rings. The fourth-order valence-corrected chi connectivity index (χ4v) is 4.34. The molecule has 0 unspecified atom stereocenters. The molecule has 12 nitrogen and oxygen atoms in total. The third kappa shape index (κ3) is 7.21. The van der Waals surface area contributed by atoms with Crippen LogP contribution in [0.4, 0.5) is 0 Å². The molecule has 2 bridgehead atoms. The minimum Gasteiger partial charge on any atom is -0.493 e. The highest BCUT2D eigenvalue weighted by Crippen LogP contribution is 2.21. The molecule has 3 aromatic rings. The van der Waals surface area contributed by atoms with Gasteiger partial charge in [-0.15, -0.1) is 5.10 Å². The molecule has 2 aromatic heterocycles. The Hall–Kier alpha value is -4.22. The average Bonchev–Trinajstić information content (AvgIpc) is 3.48. The molecule has 1 aliphatic heterocycles. The lowest BCUT2D eigenvalue weighted by molar-refractivity contribution is -0.131. The first kappa shape index (κ1) is 27.8. The third-order valence-corrected chi connectivity index (χ3v) is 6.62. The van der Waals surface area contributed by atoms with Crippen LogP contribution in [0.2, 0.25) is 0 Å². The maximum absolute atomic E-state index is 13.3. The van der Waals surface area contributed by atoms with E-state index in [1.165, 1.54) is 0 Å². The predicted molar refractivity (Wildman–Crippen MR) is 141 cm³/mol. The number of carbonyl (C=O) groups is 3. The van der Waals surface area contributed by atoms with Crippen molar-refractivity contribution >= 4 is 17.7 Å². The molecule has 39 heavy (non-hydrogen) atoms. The minimum absolute atomic E-state index is 0.0988. The molecule has 4 rings (SSSR count). The van der Waals surface area contributed by atoms with Gasteiger partial charge in [0.2, 0.25) is 11.8 Å². The van der Waals surface area contributed by atoms with Gasteiger partial charge >= 0.3 is 0 Å². The molecule has 0 aliphatic carbocycles. The Balaban J connectivity index is 1.50. The zero-order valence-electron chi connectivity index (χ0n) is 22.8. The van der Waals surface area contributed by atoms with Crippen LogP contribution in [0.1, 0.15) is 58.4 Å². The number of carbonyl (C=O) groups excluding carboxylic acids is 3. The van der Waals surface area contributed by atoms with Crippen LogP contribution in [0.15, 0.2) is 28.9 Å². The maximum Gasteiger partial charge on any atom is 0.255 e. The van der Waals surface area contributed by atoms with E-state index in [0.717, 1.165) is 11.1 Å². The van der Waals surface area contributed by atoms with E-state index < -0.39 is 6.04 Å². The summed E-state index contributed by atoms with van der Waals surface area (Å²) in [6, 6.07) is 4.59. The average molecular weight is 538 g/mol. The first-order valence-electron chi connectivity index (χ1n) is 13.1. The van der Waals surface area contributed by atoms with Gasteiger partial charge in [-0.05, 0) is 51.8 Å². The number of aromatic nitrogens is 4. The van der Waals surface area contributed by atoms with Crippen LogP contribution in [0.25, 0.3) is 0 Å². The molecule has 0 radical (unpaired) electrons. The van der Waals surface area contributed by atoms with Crippen molar-refractivity contribution in [3.8, 4) is 5.75 Å². The van der Waals surface area contributed by atoms with Crippen LogP contribution >= 0.6 is 0 Å². The molecule has 0 saturated heterocycles. The van der Waals surface area contributed by atoms with E-state index in [9.17, 15) is 14.4 Å². The van der Waals surface area contributed by atoms with E-state index in [2.05, 4.69) is 26.1 Å². The molecule has 0 spiro atoms. The molecular formula is C27H35N7O5. The lowest BCUT2D eigenvalue weighted by atomic mass is 10.1. The molecule has 2 N–H and O–H groups in total. The number of fused-ring (bicyclic) bond motifs is 3. The van der Waals surface area contributed by atoms with E-state index in [-0.39, 0.29) is 30.7 Å². The Bertz CT molecular complexity index is 1310. The standard InChI is InChI=1S/C27H35N7O5/c1-17-7-8-22-24(13-17)38-12-6-11-34-16-21(30-32-34)15-33(25(35)14-23-18(2)31-39-20(23)4)10-5-9-28-26(36)19(3)29-27(22)37/h7-8,13,16,19H,5-6,9-12,14-15H2,1-4H3,(H,28,36)(H,29,37)/t19-/m1/s1. The Morgan fingerprint density at radius 1 is 1.15 bits per heavy atom. The van der Waals surface area contributed by atoms with Gasteiger partial charge in [-0.3, -0.25) is 19.1 Å². The Morgan fingerprint density at radius 3 is 2.74 bits per heavy atom. The van der Waals surface area contributed by atoms with Crippen molar-refractivity contribution in [1.82, 2.24) is 35.7 Å². The highest BCUT2D eigenvalue weighted by Gasteiger charge is 2.22. The third-order valence-electron chi connectivity index (χ3n) is 6.62. The number of hydrogen-bond acceptors (Lipinski definition) is 8. The molecule has 3 heterocycles. The highest BCUT2D eigenvalue weighted by molar-refractivity contribution is 5.99. The molecule has 0 saturated carbocycles. The topological polar surface area (TPSA) is 144 Å². The smallest absolute Gasteiger partial charge is 0.255 e. The summed E-state index contributed by atoms with van der Waals surface area (Å²) in [6.45, 7) is 9.08. The molecule has 0 fully saturated rings. The second-order valence-corrected chi connectivity index (χ2v) is 9.81. The van der Waals surface area contributed by atoms with Gasteiger partial charge in [0.25, 0.3) is 5.91 Å². The van der Waals surface area contributed by atoms with Gasteiger partial charge in [0, 0.05) is 31.6 Å². The van der Waals surface area contributed by atoms with Gasteiger partial charge < -0.3 is 24.8 Å². The Labute approximate surface area is 227 Å². The molecule has 208 valence electrons. The number of aryl methyl sites for hydroxylation is 4. The van der Waals surface area contributed by atoms with Crippen LogP contribution < -0.4 is 15.4 Å². The predicted octanol–water partition coefficient (Wildman–Crippen LogP) is 1.87. The molecule has 1 atom stereocenters. The van der Waals surface area contributed by atoms with Crippen molar-refractivity contribution in [2.75, 3.05) is 19.7 Å². The molecular weight excluding hydrogens is 502 g/mol. The van der Waals surface area contributed by atoms with Crippen LogP contribution in [-0.2, 0) is 29.1 Å². The second-order valence-electron chi connectivity index (χ2n) is 9.81. The van der Waals surface area contributed by atoms with E-state index >= 15 is 0 Å². The monoisotopic (exact) mass is 537 g/mol. The van der Waals surface area contributed by atoms with Gasteiger partial charge in [0.1, 0.15) is 23.2 Å². The zero-order valence-corrected chi connectivity index (χ0v) is 22.8. The molecule has 12 heteroatoms. The van der Waals surface area contributed by atoms with Crippen LogP contribution in [0.5, 0.6) is 5.75 Å². The van der Waals surface area contributed by atoms with Crippen molar-refractivity contribution in [1.29, 1.82) is 0 Å². The zero-order chi connectivity index (χ0) is 27.9. The summed E-state index contributed by atoms with van der Waals surface area (Å²) in [5.41, 5.74) is 3.45. The van der Waals surface area contributed by atoms with Gasteiger partial charge in [0.05, 0.1) is 37.0 Å². The van der Waals surface area contributed by atoms with E-state index in [1.807, 2.05) is 32.2 Å². The van der Waals surface area contributed by atoms with Gasteiger partial charge in [0.15, 0.2) is 0 Å². The second kappa shape index (κ2) is 12.5. The normalized spacial score (nSPS) is 17.6. The van der Waals surface area contributed by atoms with Gasteiger partial charge in [-0.2, -0.15) is 0 Å². The van der Waals surface area contributed by atoms with Crippen molar-refractivity contribution in [3.63, 3.8) is 0 Å². The largest absolute Gasteiger partial charge is 0.493 e. The summed E-state index contributed by atoms with van der Waals surface area (Å²) in [5.74, 6) is 0.282. The maximum atomic E-state index is 13.3. The van der Waals surface area contributed by atoms with Crippen LogP contribution in [0.3, 0.4) is 0 Å². The first-order chi connectivity index (χ1) is 18.7. The first-order valence-corrected chi connectivity index (χ1v) is 13.1. The van der Waals surface area contributed by atoms with Crippen molar-refractivity contribution in [2.45, 2.75) is 66.1 Å². The number of amides is 3. The van der Waals surface area contributed by atoms with Crippen LogP contribution in [-0.4, -0.2) is 68.5 Å². The lowest BCUT2D eigenvalue weighted by Gasteiger charge is -2.22. The van der Waals surface area contributed by atoms with E-state index in [4.69, 9.17) is 9.26 Å². The summed E-state index contributed by atoms with van der Waals surface area (Å²) in [6.07, 6.45) is 3.12. The Kier molecular flexibility index (Phi) is 8.95. The quantitative estimate of drug-likeness (QED) is 0.504. The highest BCUT2D eigenvalue weighted by atomic mass is 16.5. The lowest BCUT2D eigenvalue weighted by Crippen LogP contribution is -2.45. The summed E-state index contributed by atoms with van der Waals surface area (Å²) in [5, 5.41) is 18.0. The molecule has 3 amide bonds. The van der Waals surface area contributed by atoms with E-state index in [1.54, 1.807) is 29.5 Å². The SMILES string of the molecule is Cc1ccc2c(c1)OCCCn1cc(nn1)CN(C(=O)Cc1c(C)noc1C)CCCNC(=O)[C@@H](C)NC2=O. The van der Waals surface area contributed by atoms with Crippen molar-refractivity contribution < 1.29 is 23.6 Å². The number of hydrogen-bond donors (Lipinski definition) is 2. The fraction of sp³-hybridized carbons (Fsp3) is 0.481. The van der Waals surface area contributed by atoms with Gasteiger partial charge in [-0.25, -0.2) is 0 Å². The summed E-state index contributed by atoms with van der Waals surface area (Å²) >= 11 is 0. The van der Waals surface area contributed by atoms with E-state index in [0.29, 0.717) is 67.5 Å². The Morgan fingerprint density at radius 2 is 1.97 bits per heavy atom. The minimum atomic E-state index is -0.750. The molecule has 1 aromatic carbocycles. The number of ether oxygens (including phenoxy) is 1. The summed E-state index contributed by atoms with van der Waals surface area (Å²) < 4.78 is 12.9. The summed E-state index contributed by atoms with van der Waals surface area (Å²) in [7, 11) is 0. The van der Waals surface area contributed by atoms with Gasteiger partial charge in [-0.1, -0.05) is 16.4 Å². The fourth-order valence-electron chi connectivity index (χ4n) is 4.34. The van der Waals surface area contributed by atoms with Crippen molar-refractivity contribution in [3.05, 3.63) is 58.2 Å². The number of benzene rings is 1. The van der Waals surface area contributed by atoms with Crippen molar-refractivity contribution in [2.24, 2.45) is 0 Å². The number of nitrogens with one attached hydrogen (secondary N) is 2. The van der Waals surface area contributed by atoms with Crippen LogP contribution in [0, 0.1) is 20.8 Å².